The van der Waals surface area contributed by atoms with Gasteiger partial charge in [-0.1, -0.05) is 19.8 Å². The van der Waals surface area contributed by atoms with Gasteiger partial charge in [0, 0.05) is 6.54 Å². The van der Waals surface area contributed by atoms with Crippen molar-refractivity contribution in [3.63, 3.8) is 0 Å². The zero-order chi connectivity index (χ0) is 12.7. The Hall–Kier alpha value is -0.650. The number of hydrogen-bond donors (Lipinski definition) is 1. The summed E-state index contributed by atoms with van der Waals surface area (Å²) in [4.78, 5) is 13.8. The molecule has 0 aromatic heterocycles. The van der Waals surface area contributed by atoms with E-state index in [0.717, 1.165) is 19.3 Å². The quantitative estimate of drug-likeness (QED) is 0.687. The molecule has 5 heteroatoms. The molecule has 1 rings (SSSR count). The minimum absolute atomic E-state index is 0.0135. The molecule has 2 unspecified atom stereocenters. The number of aliphatic hydroxyl groups excluding tert-OH is 1. The molecule has 5 nitrogen and oxygen atoms in total. The van der Waals surface area contributed by atoms with E-state index in [1.54, 1.807) is 0 Å². The van der Waals surface area contributed by atoms with Gasteiger partial charge in [-0.15, -0.1) is 0 Å². The lowest BCUT2D eigenvalue weighted by Crippen LogP contribution is -2.55. The molecular formula is C12H23NO4. The normalized spacial score (nSPS) is 23.4. The molecular weight excluding hydrogens is 222 g/mol. The molecule has 0 radical (unpaired) electrons. The summed E-state index contributed by atoms with van der Waals surface area (Å²) in [5.41, 5.74) is 0. The summed E-state index contributed by atoms with van der Waals surface area (Å²) in [5.74, 6) is -0.209. The molecule has 0 aliphatic carbocycles. The minimum Gasteiger partial charge on any atom is -0.468 e. The maximum atomic E-state index is 11.8. The average molecular weight is 245 g/mol. The van der Waals surface area contributed by atoms with Crippen LogP contribution in [0.5, 0.6) is 0 Å². The molecule has 1 aliphatic heterocycles. The molecule has 0 spiro atoms. The Balaban J connectivity index is 2.68. The second kappa shape index (κ2) is 7.63. The zero-order valence-corrected chi connectivity index (χ0v) is 10.7. The number of ether oxygens (including phenoxy) is 2. The molecule has 0 aromatic rings. The molecule has 1 aliphatic rings. The number of nitrogens with zero attached hydrogens (tertiary/aromatic N) is 1. The van der Waals surface area contributed by atoms with Crippen molar-refractivity contribution >= 4 is 5.97 Å². The fraction of sp³-hybridized carbons (Fsp3) is 0.917. The minimum atomic E-state index is -0.249. The van der Waals surface area contributed by atoms with Crippen LogP contribution in [0, 0.1) is 0 Å². The van der Waals surface area contributed by atoms with Crippen LogP contribution in [0.15, 0.2) is 0 Å². The van der Waals surface area contributed by atoms with Crippen LogP contribution in [0.3, 0.4) is 0 Å². The van der Waals surface area contributed by atoms with Crippen LogP contribution in [-0.2, 0) is 14.3 Å². The highest BCUT2D eigenvalue weighted by Gasteiger charge is 2.33. The molecule has 1 heterocycles. The number of unbranched alkanes of at least 4 members (excludes halogenated alkanes) is 1. The summed E-state index contributed by atoms with van der Waals surface area (Å²) in [7, 11) is 1.41. The first-order valence-electron chi connectivity index (χ1n) is 6.26. The van der Waals surface area contributed by atoms with Gasteiger partial charge in [-0.05, 0) is 6.42 Å². The maximum Gasteiger partial charge on any atom is 0.323 e. The molecule has 0 amide bonds. The van der Waals surface area contributed by atoms with Crippen LogP contribution in [-0.4, -0.2) is 61.5 Å². The van der Waals surface area contributed by atoms with Crippen molar-refractivity contribution in [1.82, 2.24) is 4.90 Å². The van der Waals surface area contributed by atoms with Gasteiger partial charge in [-0.2, -0.15) is 0 Å². The summed E-state index contributed by atoms with van der Waals surface area (Å²) in [6.45, 7) is 3.87. The molecule has 100 valence electrons. The monoisotopic (exact) mass is 245 g/mol. The van der Waals surface area contributed by atoms with E-state index in [1.807, 2.05) is 4.90 Å². The van der Waals surface area contributed by atoms with Crippen molar-refractivity contribution in [3.05, 3.63) is 0 Å². The van der Waals surface area contributed by atoms with Crippen molar-refractivity contribution in [1.29, 1.82) is 0 Å². The summed E-state index contributed by atoms with van der Waals surface area (Å²) >= 11 is 0. The third-order valence-corrected chi connectivity index (χ3v) is 3.19. The largest absolute Gasteiger partial charge is 0.468 e. The number of morpholine rings is 1. The molecule has 0 bridgehead atoms. The Labute approximate surface area is 103 Å². The lowest BCUT2D eigenvalue weighted by Gasteiger charge is -2.38. The van der Waals surface area contributed by atoms with Crippen LogP contribution < -0.4 is 0 Å². The van der Waals surface area contributed by atoms with Crippen molar-refractivity contribution in [3.8, 4) is 0 Å². The first-order chi connectivity index (χ1) is 8.24. The fourth-order valence-electron chi connectivity index (χ4n) is 2.19. The maximum absolute atomic E-state index is 11.8. The van der Waals surface area contributed by atoms with Crippen LogP contribution in [0.2, 0.25) is 0 Å². The highest BCUT2D eigenvalue weighted by atomic mass is 16.5. The lowest BCUT2D eigenvalue weighted by molar-refractivity contribution is -0.152. The van der Waals surface area contributed by atoms with Gasteiger partial charge in [-0.25, -0.2) is 0 Å². The molecule has 1 N–H and O–H groups in total. The van der Waals surface area contributed by atoms with Gasteiger partial charge in [0.1, 0.15) is 6.04 Å². The predicted molar refractivity (Wildman–Crippen MR) is 63.7 cm³/mol. The fourth-order valence-corrected chi connectivity index (χ4v) is 2.19. The third kappa shape index (κ3) is 3.94. The smallest absolute Gasteiger partial charge is 0.323 e. The summed E-state index contributed by atoms with van der Waals surface area (Å²) < 4.78 is 10.2. The van der Waals surface area contributed by atoms with Crippen molar-refractivity contribution in [2.75, 3.05) is 33.5 Å². The van der Waals surface area contributed by atoms with Crippen LogP contribution in [0.4, 0.5) is 0 Å². The zero-order valence-electron chi connectivity index (χ0n) is 10.7. The van der Waals surface area contributed by atoms with Crippen LogP contribution >= 0.6 is 0 Å². The molecule has 2 atom stereocenters. The van der Waals surface area contributed by atoms with E-state index in [2.05, 4.69) is 6.92 Å². The van der Waals surface area contributed by atoms with E-state index >= 15 is 0 Å². The van der Waals surface area contributed by atoms with Gasteiger partial charge in [0.05, 0.1) is 33.0 Å². The van der Waals surface area contributed by atoms with Crippen LogP contribution in [0.1, 0.15) is 26.2 Å². The van der Waals surface area contributed by atoms with E-state index in [4.69, 9.17) is 9.47 Å². The molecule has 1 saturated heterocycles. The molecule has 17 heavy (non-hydrogen) atoms. The first kappa shape index (κ1) is 14.4. The Morgan fingerprint density at radius 2 is 2.41 bits per heavy atom. The third-order valence-electron chi connectivity index (χ3n) is 3.19. The number of methoxy groups -OCH3 is 1. The van der Waals surface area contributed by atoms with Gasteiger partial charge >= 0.3 is 5.97 Å². The first-order valence-corrected chi connectivity index (χ1v) is 6.26. The number of carbonyl (C=O) groups excluding carboxylic acids is 1. The molecule has 0 aromatic carbocycles. The summed E-state index contributed by atoms with van der Waals surface area (Å²) in [5, 5.41) is 9.32. The number of carbonyl (C=O) groups is 1. The second-order valence-corrected chi connectivity index (χ2v) is 4.33. The molecule has 1 fully saturated rings. The number of rotatable bonds is 6. The predicted octanol–water partition coefficient (Wildman–Crippen LogP) is 0.411. The molecule has 0 saturated carbocycles. The summed E-state index contributed by atoms with van der Waals surface area (Å²) in [6, 6.07) is -0.342. The van der Waals surface area contributed by atoms with E-state index in [9.17, 15) is 9.90 Å². The van der Waals surface area contributed by atoms with Gasteiger partial charge in [0.15, 0.2) is 0 Å². The Kier molecular flexibility index (Phi) is 6.47. The standard InChI is InChI=1S/C12H23NO4/c1-3-4-5-11(12(15)16-2)13-6-7-17-9-10(13)8-14/h10-11,14H,3-9H2,1-2H3. The average Bonchev–Trinajstić information content (AvgIpc) is 2.39. The van der Waals surface area contributed by atoms with Gasteiger partial charge in [0.2, 0.25) is 0 Å². The highest BCUT2D eigenvalue weighted by molar-refractivity contribution is 5.75. The Morgan fingerprint density at radius 1 is 1.65 bits per heavy atom. The van der Waals surface area contributed by atoms with E-state index in [0.29, 0.717) is 19.8 Å². The second-order valence-electron chi connectivity index (χ2n) is 4.33. The van der Waals surface area contributed by atoms with E-state index < -0.39 is 0 Å². The van der Waals surface area contributed by atoms with Crippen molar-refractivity contribution < 1.29 is 19.4 Å². The number of esters is 1. The van der Waals surface area contributed by atoms with Crippen LogP contribution in [0.25, 0.3) is 0 Å². The van der Waals surface area contributed by atoms with Gasteiger partial charge in [-0.3, -0.25) is 9.69 Å². The topological polar surface area (TPSA) is 59.0 Å². The SMILES string of the molecule is CCCCC(C(=O)OC)N1CCOCC1CO. The van der Waals surface area contributed by atoms with E-state index in [1.165, 1.54) is 7.11 Å². The van der Waals surface area contributed by atoms with Gasteiger partial charge in [0.25, 0.3) is 0 Å². The lowest BCUT2D eigenvalue weighted by atomic mass is 10.1. The highest BCUT2D eigenvalue weighted by Crippen LogP contribution is 2.17. The van der Waals surface area contributed by atoms with Crippen molar-refractivity contribution in [2.45, 2.75) is 38.3 Å². The Morgan fingerprint density at radius 3 is 3.00 bits per heavy atom. The van der Waals surface area contributed by atoms with Crippen molar-refractivity contribution in [2.24, 2.45) is 0 Å². The number of aliphatic hydroxyl groups is 1. The Bertz CT molecular complexity index is 235. The van der Waals surface area contributed by atoms with E-state index in [-0.39, 0.29) is 24.7 Å². The number of hydrogen-bond acceptors (Lipinski definition) is 5. The summed E-state index contributed by atoms with van der Waals surface area (Å²) in [6.07, 6.45) is 2.80. The van der Waals surface area contributed by atoms with Gasteiger partial charge < -0.3 is 14.6 Å².